The van der Waals surface area contributed by atoms with E-state index in [1.54, 1.807) is 0 Å². The Morgan fingerprint density at radius 3 is 2.90 bits per heavy atom. The Hall–Kier alpha value is -0.870. The largest absolute Gasteiger partial charge is 0.353 e. The molecule has 3 nitrogen and oxygen atoms in total. The fraction of sp³-hybridized carbons (Fsp3) is 0.588. The average Bonchev–Trinajstić information content (AvgIpc) is 2.46. The van der Waals surface area contributed by atoms with Crippen LogP contribution < -0.4 is 10.6 Å². The Kier molecular flexibility index (Phi) is 6.24. The topological polar surface area (TPSA) is 41.1 Å². The van der Waals surface area contributed by atoms with Gasteiger partial charge in [0.05, 0.1) is 0 Å². The average molecular weight is 353 g/mol. The zero-order valence-electron chi connectivity index (χ0n) is 12.9. The van der Waals surface area contributed by atoms with Crippen molar-refractivity contribution in [3.8, 4) is 0 Å². The van der Waals surface area contributed by atoms with Gasteiger partial charge in [-0.2, -0.15) is 0 Å². The first-order chi connectivity index (χ1) is 10.1. The third-order valence-electron chi connectivity index (χ3n) is 4.26. The van der Waals surface area contributed by atoms with Crippen molar-refractivity contribution in [1.29, 1.82) is 0 Å². The Morgan fingerprint density at radius 1 is 1.48 bits per heavy atom. The van der Waals surface area contributed by atoms with Crippen molar-refractivity contribution in [2.45, 2.75) is 51.6 Å². The van der Waals surface area contributed by atoms with Crippen LogP contribution in [-0.4, -0.2) is 24.5 Å². The van der Waals surface area contributed by atoms with Crippen LogP contribution in [-0.2, 0) is 11.2 Å². The van der Waals surface area contributed by atoms with E-state index in [-0.39, 0.29) is 11.8 Å². The summed E-state index contributed by atoms with van der Waals surface area (Å²) in [5.74, 6) is 0.251. The second kappa shape index (κ2) is 7.95. The minimum absolute atomic E-state index is 0.0499. The molecule has 3 unspecified atom stereocenters. The lowest BCUT2D eigenvalue weighted by Gasteiger charge is -2.30. The van der Waals surface area contributed by atoms with E-state index in [4.69, 9.17) is 0 Å². The number of hydrogen-bond donors (Lipinski definition) is 2. The molecular formula is C17H25BrN2O. The molecule has 3 atom stereocenters. The van der Waals surface area contributed by atoms with Crippen molar-refractivity contribution in [2.24, 2.45) is 5.92 Å². The molecule has 0 bridgehead atoms. The first kappa shape index (κ1) is 16.5. The first-order valence-electron chi connectivity index (χ1n) is 7.87. The summed E-state index contributed by atoms with van der Waals surface area (Å²) in [5.41, 5.74) is 1.21. The Bertz CT molecular complexity index is 478. The van der Waals surface area contributed by atoms with E-state index in [1.807, 2.05) is 18.2 Å². The highest BCUT2D eigenvalue weighted by atomic mass is 79.9. The second-order valence-electron chi connectivity index (χ2n) is 5.99. The maximum Gasteiger partial charge on any atom is 0.223 e. The van der Waals surface area contributed by atoms with Gasteiger partial charge >= 0.3 is 0 Å². The van der Waals surface area contributed by atoms with E-state index in [1.165, 1.54) is 5.56 Å². The monoisotopic (exact) mass is 352 g/mol. The Balaban J connectivity index is 1.94. The number of benzene rings is 1. The molecule has 1 heterocycles. The molecule has 1 aliphatic rings. The zero-order valence-corrected chi connectivity index (χ0v) is 14.4. The molecule has 116 valence electrons. The highest BCUT2D eigenvalue weighted by molar-refractivity contribution is 9.10. The van der Waals surface area contributed by atoms with Crippen molar-refractivity contribution in [2.75, 3.05) is 6.54 Å². The van der Waals surface area contributed by atoms with Crippen LogP contribution >= 0.6 is 15.9 Å². The zero-order chi connectivity index (χ0) is 15.2. The maximum absolute atomic E-state index is 12.5. The minimum atomic E-state index is 0.0499. The number of rotatable bonds is 5. The molecular weight excluding hydrogens is 328 g/mol. The first-order valence-corrected chi connectivity index (χ1v) is 8.66. The van der Waals surface area contributed by atoms with Crippen LogP contribution in [0.1, 0.15) is 38.7 Å². The lowest BCUT2D eigenvalue weighted by atomic mass is 9.94. The van der Waals surface area contributed by atoms with E-state index in [0.29, 0.717) is 12.1 Å². The van der Waals surface area contributed by atoms with E-state index in [9.17, 15) is 4.79 Å². The van der Waals surface area contributed by atoms with Gasteiger partial charge in [-0.3, -0.25) is 4.79 Å². The molecule has 0 saturated carbocycles. The molecule has 1 saturated heterocycles. The summed E-state index contributed by atoms with van der Waals surface area (Å²) < 4.78 is 1.09. The Morgan fingerprint density at radius 2 is 2.24 bits per heavy atom. The van der Waals surface area contributed by atoms with Gasteiger partial charge in [0.15, 0.2) is 0 Å². The van der Waals surface area contributed by atoms with Gasteiger partial charge in [-0.25, -0.2) is 0 Å². The highest BCUT2D eigenvalue weighted by Gasteiger charge is 2.24. The number of carbonyl (C=O) groups excluding carboxylic acids is 1. The number of halogens is 1. The summed E-state index contributed by atoms with van der Waals surface area (Å²) in [6.45, 7) is 5.26. The third-order valence-corrected chi connectivity index (χ3v) is 5.03. The van der Waals surface area contributed by atoms with Gasteiger partial charge in [0.25, 0.3) is 0 Å². The third kappa shape index (κ3) is 4.82. The number of nitrogens with one attached hydrogen (secondary N) is 2. The van der Waals surface area contributed by atoms with Gasteiger partial charge in [0, 0.05) is 22.5 Å². The fourth-order valence-electron chi connectivity index (χ4n) is 2.93. The molecule has 1 amide bonds. The van der Waals surface area contributed by atoms with Crippen molar-refractivity contribution >= 4 is 21.8 Å². The molecule has 1 aliphatic heterocycles. The van der Waals surface area contributed by atoms with Crippen LogP contribution in [0.2, 0.25) is 0 Å². The summed E-state index contributed by atoms with van der Waals surface area (Å²) in [7, 11) is 0. The lowest BCUT2D eigenvalue weighted by molar-refractivity contribution is -0.126. The van der Waals surface area contributed by atoms with Crippen LogP contribution in [0.25, 0.3) is 0 Å². The number of piperidine rings is 1. The van der Waals surface area contributed by atoms with Crippen molar-refractivity contribution in [3.05, 3.63) is 34.3 Å². The summed E-state index contributed by atoms with van der Waals surface area (Å²) in [6.07, 6.45) is 3.72. The predicted molar refractivity (Wildman–Crippen MR) is 90.3 cm³/mol. The summed E-state index contributed by atoms with van der Waals surface area (Å²) >= 11 is 3.57. The number of carbonyl (C=O) groups is 1. The molecule has 1 aromatic rings. The van der Waals surface area contributed by atoms with Gasteiger partial charge in [-0.1, -0.05) is 41.1 Å². The number of amides is 1. The molecule has 2 rings (SSSR count). The molecule has 0 spiro atoms. The molecule has 4 heteroatoms. The fourth-order valence-corrected chi connectivity index (χ4v) is 3.38. The predicted octanol–water partition coefficient (Wildman–Crippen LogP) is 3.27. The van der Waals surface area contributed by atoms with E-state index in [0.717, 1.165) is 36.7 Å². The van der Waals surface area contributed by atoms with E-state index in [2.05, 4.69) is 46.5 Å². The van der Waals surface area contributed by atoms with Crippen LogP contribution in [0.3, 0.4) is 0 Å². The van der Waals surface area contributed by atoms with Gasteiger partial charge < -0.3 is 10.6 Å². The van der Waals surface area contributed by atoms with Gasteiger partial charge in [0.2, 0.25) is 5.91 Å². The van der Waals surface area contributed by atoms with E-state index >= 15 is 0 Å². The molecule has 2 N–H and O–H groups in total. The van der Waals surface area contributed by atoms with Gasteiger partial charge in [-0.15, -0.1) is 0 Å². The summed E-state index contributed by atoms with van der Waals surface area (Å²) in [4.78, 5) is 12.5. The van der Waals surface area contributed by atoms with Gasteiger partial charge in [0.1, 0.15) is 0 Å². The van der Waals surface area contributed by atoms with Crippen LogP contribution in [0.4, 0.5) is 0 Å². The normalized spacial score (nSPS) is 23.6. The van der Waals surface area contributed by atoms with Crippen LogP contribution in [0.5, 0.6) is 0 Å². The molecule has 0 radical (unpaired) electrons. The molecule has 21 heavy (non-hydrogen) atoms. The molecule has 0 aromatic heterocycles. The van der Waals surface area contributed by atoms with Crippen LogP contribution in [0.15, 0.2) is 28.7 Å². The van der Waals surface area contributed by atoms with Crippen molar-refractivity contribution in [1.82, 2.24) is 10.6 Å². The smallest absolute Gasteiger partial charge is 0.223 e. The molecule has 1 aromatic carbocycles. The molecule has 1 fully saturated rings. The van der Waals surface area contributed by atoms with Crippen molar-refractivity contribution in [3.63, 3.8) is 0 Å². The molecule has 0 aliphatic carbocycles. The van der Waals surface area contributed by atoms with Crippen LogP contribution in [0, 0.1) is 5.92 Å². The minimum Gasteiger partial charge on any atom is -0.353 e. The van der Waals surface area contributed by atoms with E-state index < -0.39 is 0 Å². The summed E-state index contributed by atoms with van der Waals surface area (Å²) in [5, 5.41) is 6.66. The highest BCUT2D eigenvalue weighted by Crippen LogP contribution is 2.21. The standard InChI is InChI=1S/C17H25BrN2O/c1-3-13(11-14-6-4-5-7-16(14)18)17(21)20-15-8-9-19-12(2)10-15/h4-7,12-13,15,19H,3,8-11H2,1-2H3,(H,20,21). The van der Waals surface area contributed by atoms with Gasteiger partial charge in [-0.05, 0) is 50.8 Å². The number of hydrogen-bond acceptors (Lipinski definition) is 2. The maximum atomic E-state index is 12.5. The SMILES string of the molecule is CCC(Cc1ccccc1Br)C(=O)NC1CCNC(C)C1. The van der Waals surface area contributed by atoms with Crippen molar-refractivity contribution < 1.29 is 4.79 Å². The quantitative estimate of drug-likeness (QED) is 0.853. The Labute approximate surface area is 136 Å². The lowest BCUT2D eigenvalue weighted by Crippen LogP contribution is -2.48. The summed E-state index contributed by atoms with van der Waals surface area (Å²) in [6, 6.07) is 8.97. The second-order valence-corrected chi connectivity index (χ2v) is 6.84.